The van der Waals surface area contributed by atoms with Crippen molar-refractivity contribution in [2.45, 2.75) is 37.9 Å². The lowest BCUT2D eigenvalue weighted by atomic mass is 9.85. The lowest BCUT2D eigenvalue weighted by Gasteiger charge is -2.39. The first-order chi connectivity index (χ1) is 18.0. The normalized spacial score (nSPS) is 20.3. The zero-order valence-corrected chi connectivity index (χ0v) is 21.2. The van der Waals surface area contributed by atoms with Crippen molar-refractivity contribution in [3.63, 3.8) is 0 Å². The molecule has 1 aliphatic heterocycles. The molecular weight excluding hydrogens is 506 g/mol. The molecule has 1 heterocycles. The second kappa shape index (κ2) is 11.6. The van der Waals surface area contributed by atoms with Crippen LogP contribution in [0.2, 0.25) is 0 Å². The monoisotopic (exact) mass is 539 g/mol. The Labute approximate surface area is 218 Å². The minimum atomic E-state index is -4.74. The number of rotatable bonds is 6. The van der Waals surface area contributed by atoms with Gasteiger partial charge in [0, 0.05) is 57.2 Å². The summed E-state index contributed by atoms with van der Waals surface area (Å²) in [6.45, 7) is 3.13. The number of amides is 2. The molecule has 0 aromatic heterocycles. The van der Waals surface area contributed by atoms with Crippen LogP contribution in [0.3, 0.4) is 0 Å². The van der Waals surface area contributed by atoms with E-state index in [4.69, 9.17) is 10.4 Å². The number of nitrogens with one attached hydrogen (secondary N) is 1. The number of carbonyl (C=O) groups excluding carboxylic acids is 1. The topological polar surface area (TPSA) is 82.5 Å². The van der Waals surface area contributed by atoms with Gasteiger partial charge in [-0.15, -0.1) is 5.23 Å². The van der Waals surface area contributed by atoms with E-state index in [2.05, 4.69) is 10.2 Å². The van der Waals surface area contributed by atoms with E-state index in [1.807, 2.05) is 4.90 Å². The number of hydrogen-bond donors (Lipinski definition) is 3. The van der Waals surface area contributed by atoms with Crippen LogP contribution < -0.4 is 15.4 Å². The standard InChI is InChI=1S/C26H33F4N5O3/c1-32(25(36)34-14-12-33(13-15-34)22-9-4-19(27)5-10-22)17-18-2-6-20(7-3-18)31-21-8-11-24(35(37)38)23(16-21)26(28,29)30/h4-5,8-11,16,18,20,31,37-38H,2-3,6-7,12-15,17H2,1H3. The summed E-state index contributed by atoms with van der Waals surface area (Å²) in [5.74, 6) is 0.0216. The van der Waals surface area contributed by atoms with Crippen molar-refractivity contribution >= 4 is 23.1 Å². The molecule has 0 spiro atoms. The van der Waals surface area contributed by atoms with Crippen molar-refractivity contribution < 1.29 is 32.8 Å². The molecule has 1 aliphatic carbocycles. The third-order valence-electron chi connectivity index (χ3n) is 7.34. The smallest absolute Gasteiger partial charge is 0.382 e. The average molecular weight is 540 g/mol. The van der Waals surface area contributed by atoms with Crippen molar-refractivity contribution in [2.75, 3.05) is 55.2 Å². The van der Waals surface area contributed by atoms with Gasteiger partial charge in [-0.1, -0.05) is 0 Å². The van der Waals surface area contributed by atoms with Crippen LogP contribution in [0.15, 0.2) is 42.5 Å². The minimum Gasteiger partial charge on any atom is -0.382 e. The molecule has 8 nitrogen and oxygen atoms in total. The summed E-state index contributed by atoms with van der Waals surface area (Å²) in [7, 11) is 1.80. The molecular formula is C26H33F4N5O3. The summed E-state index contributed by atoms with van der Waals surface area (Å²) in [5.41, 5.74) is -0.679. The fourth-order valence-corrected chi connectivity index (χ4v) is 5.27. The van der Waals surface area contributed by atoms with Crippen LogP contribution in [-0.4, -0.2) is 72.1 Å². The molecule has 4 rings (SSSR count). The Balaban J connectivity index is 1.23. The molecule has 2 aromatic rings. The fourth-order valence-electron chi connectivity index (χ4n) is 5.27. The molecule has 1 saturated heterocycles. The van der Waals surface area contributed by atoms with Crippen molar-refractivity contribution in [1.82, 2.24) is 9.80 Å². The summed E-state index contributed by atoms with van der Waals surface area (Å²) >= 11 is 0. The third-order valence-corrected chi connectivity index (χ3v) is 7.34. The van der Waals surface area contributed by atoms with E-state index in [0.717, 1.165) is 43.5 Å². The molecule has 208 valence electrons. The second-order valence-electron chi connectivity index (χ2n) is 9.99. The van der Waals surface area contributed by atoms with Gasteiger partial charge in [0.05, 0.1) is 5.56 Å². The van der Waals surface area contributed by atoms with E-state index >= 15 is 0 Å². The number of nitrogens with zero attached hydrogens (tertiary/aromatic N) is 4. The lowest BCUT2D eigenvalue weighted by Crippen LogP contribution is -2.52. The van der Waals surface area contributed by atoms with Crippen molar-refractivity contribution in [1.29, 1.82) is 0 Å². The molecule has 2 aromatic carbocycles. The largest absolute Gasteiger partial charge is 0.418 e. The van der Waals surface area contributed by atoms with Crippen LogP contribution in [0, 0.1) is 11.7 Å². The number of halogens is 4. The minimum absolute atomic E-state index is 0.0157. The number of carbonyl (C=O) groups is 1. The molecule has 2 amide bonds. The molecule has 2 aliphatic rings. The first kappa shape index (κ1) is 27.8. The van der Waals surface area contributed by atoms with E-state index in [0.29, 0.717) is 38.6 Å². The number of anilines is 3. The molecule has 2 fully saturated rings. The second-order valence-corrected chi connectivity index (χ2v) is 9.99. The maximum absolute atomic E-state index is 13.3. The zero-order chi connectivity index (χ0) is 27.4. The van der Waals surface area contributed by atoms with Crippen LogP contribution in [0.1, 0.15) is 31.2 Å². The highest BCUT2D eigenvalue weighted by atomic mass is 19.4. The highest BCUT2D eigenvalue weighted by molar-refractivity contribution is 5.74. The van der Waals surface area contributed by atoms with Crippen molar-refractivity contribution in [3.8, 4) is 0 Å². The summed E-state index contributed by atoms with van der Waals surface area (Å²) in [6, 6.07) is 9.59. The van der Waals surface area contributed by atoms with Crippen LogP contribution >= 0.6 is 0 Å². The Morgan fingerprint density at radius 1 is 1.00 bits per heavy atom. The number of alkyl halides is 3. The maximum Gasteiger partial charge on any atom is 0.418 e. The van der Waals surface area contributed by atoms with E-state index in [9.17, 15) is 22.4 Å². The Morgan fingerprint density at radius 3 is 2.21 bits per heavy atom. The van der Waals surface area contributed by atoms with Gasteiger partial charge >= 0.3 is 12.2 Å². The van der Waals surface area contributed by atoms with Gasteiger partial charge in [-0.2, -0.15) is 13.2 Å². The van der Waals surface area contributed by atoms with Gasteiger partial charge in [0.1, 0.15) is 11.5 Å². The predicted octanol–water partition coefficient (Wildman–Crippen LogP) is 5.27. The zero-order valence-electron chi connectivity index (χ0n) is 21.2. The SMILES string of the molecule is CN(CC1CCC(Nc2ccc(N(O)O)c(C(F)(F)F)c2)CC1)C(=O)N1CCN(c2ccc(F)cc2)CC1. The Morgan fingerprint density at radius 2 is 1.63 bits per heavy atom. The fraction of sp³-hybridized carbons (Fsp3) is 0.500. The van der Waals surface area contributed by atoms with E-state index in [1.165, 1.54) is 18.2 Å². The molecule has 0 unspecified atom stereocenters. The van der Waals surface area contributed by atoms with Gasteiger partial charge in [-0.25, -0.2) is 9.18 Å². The van der Waals surface area contributed by atoms with E-state index in [-0.39, 0.29) is 23.6 Å². The van der Waals surface area contributed by atoms with Crippen LogP contribution in [0.25, 0.3) is 0 Å². The van der Waals surface area contributed by atoms with Gasteiger partial charge in [0.2, 0.25) is 0 Å². The number of hydrogen-bond acceptors (Lipinski definition) is 6. The summed E-state index contributed by atoms with van der Waals surface area (Å²) < 4.78 is 53.1. The van der Waals surface area contributed by atoms with E-state index in [1.54, 1.807) is 24.1 Å². The first-order valence-electron chi connectivity index (χ1n) is 12.7. The highest BCUT2D eigenvalue weighted by Crippen LogP contribution is 2.38. The molecule has 38 heavy (non-hydrogen) atoms. The van der Waals surface area contributed by atoms with Gasteiger partial charge in [-0.05, 0) is 74.1 Å². The van der Waals surface area contributed by atoms with Crippen LogP contribution in [0.4, 0.5) is 39.4 Å². The molecule has 1 saturated carbocycles. The molecule has 3 N–H and O–H groups in total. The van der Waals surface area contributed by atoms with E-state index < -0.39 is 22.7 Å². The highest BCUT2D eigenvalue weighted by Gasteiger charge is 2.36. The van der Waals surface area contributed by atoms with Gasteiger partial charge in [-0.3, -0.25) is 10.4 Å². The summed E-state index contributed by atoms with van der Waals surface area (Å²) in [6.07, 6.45) is -1.58. The van der Waals surface area contributed by atoms with Crippen molar-refractivity contribution in [3.05, 3.63) is 53.8 Å². The Bertz CT molecular complexity index is 1080. The number of benzene rings is 2. The number of piperazine rings is 1. The lowest BCUT2D eigenvalue weighted by molar-refractivity contribution is -0.138. The molecule has 0 radical (unpaired) electrons. The Hall–Kier alpha value is -3.25. The third kappa shape index (κ3) is 6.79. The summed E-state index contributed by atoms with van der Waals surface area (Å²) in [4.78, 5) is 18.7. The van der Waals surface area contributed by atoms with Crippen LogP contribution in [0.5, 0.6) is 0 Å². The van der Waals surface area contributed by atoms with Crippen molar-refractivity contribution in [2.24, 2.45) is 5.92 Å². The average Bonchev–Trinajstić information content (AvgIpc) is 2.89. The first-order valence-corrected chi connectivity index (χ1v) is 12.7. The predicted molar refractivity (Wildman–Crippen MR) is 135 cm³/mol. The Kier molecular flexibility index (Phi) is 8.51. The van der Waals surface area contributed by atoms with Crippen LogP contribution in [-0.2, 0) is 6.18 Å². The molecule has 0 atom stereocenters. The van der Waals surface area contributed by atoms with Gasteiger partial charge in [0.25, 0.3) is 0 Å². The maximum atomic E-state index is 13.3. The van der Waals surface area contributed by atoms with Gasteiger partial charge < -0.3 is 20.0 Å². The summed E-state index contributed by atoms with van der Waals surface area (Å²) in [5, 5.41) is 20.8. The molecule has 12 heteroatoms. The quantitative estimate of drug-likeness (QED) is 0.343. The molecule has 0 bridgehead atoms. The number of urea groups is 1. The van der Waals surface area contributed by atoms with Gasteiger partial charge in [0.15, 0.2) is 0 Å².